The van der Waals surface area contributed by atoms with E-state index in [-0.39, 0.29) is 12.4 Å². The maximum absolute atomic E-state index is 11.4. The molecular weight excluding hydrogens is 232 g/mol. The lowest BCUT2D eigenvalue weighted by Gasteiger charge is -2.11. The molecule has 1 rings (SSSR count). The van der Waals surface area contributed by atoms with Crippen molar-refractivity contribution in [2.75, 3.05) is 13.7 Å². The van der Waals surface area contributed by atoms with Crippen molar-refractivity contribution in [3.63, 3.8) is 0 Å². The summed E-state index contributed by atoms with van der Waals surface area (Å²) in [6.45, 7) is 2.44. The SMILES string of the molecule is CCCCOC(=O)CC(O)c1cccc(OC)c1. The fraction of sp³-hybridized carbons (Fsp3) is 0.500. The molecule has 0 heterocycles. The van der Waals surface area contributed by atoms with Crippen molar-refractivity contribution in [1.82, 2.24) is 0 Å². The fourth-order valence-corrected chi connectivity index (χ4v) is 1.51. The molecule has 0 fully saturated rings. The monoisotopic (exact) mass is 252 g/mol. The van der Waals surface area contributed by atoms with Crippen LogP contribution in [-0.4, -0.2) is 24.8 Å². The Morgan fingerprint density at radius 2 is 2.22 bits per heavy atom. The van der Waals surface area contributed by atoms with Gasteiger partial charge in [0.1, 0.15) is 5.75 Å². The lowest BCUT2D eigenvalue weighted by molar-refractivity contribution is -0.146. The molecule has 1 aromatic carbocycles. The molecule has 4 nitrogen and oxygen atoms in total. The zero-order chi connectivity index (χ0) is 13.4. The summed E-state index contributed by atoms with van der Waals surface area (Å²) in [5, 5.41) is 9.91. The molecular formula is C14H20O4. The average molecular weight is 252 g/mol. The van der Waals surface area contributed by atoms with E-state index in [1.54, 1.807) is 31.4 Å². The van der Waals surface area contributed by atoms with E-state index in [4.69, 9.17) is 9.47 Å². The van der Waals surface area contributed by atoms with Crippen LogP contribution in [0.3, 0.4) is 0 Å². The van der Waals surface area contributed by atoms with Gasteiger partial charge in [-0.25, -0.2) is 0 Å². The van der Waals surface area contributed by atoms with Crippen LogP contribution in [0.2, 0.25) is 0 Å². The van der Waals surface area contributed by atoms with Crippen molar-refractivity contribution < 1.29 is 19.4 Å². The molecule has 0 amide bonds. The van der Waals surface area contributed by atoms with Crippen LogP contribution in [0.4, 0.5) is 0 Å². The van der Waals surface area contributed by atoms with Crippen molar-refractivity contribution in [2.24, 2.45) is 0 Å². The first kappa shape index (κ1) is 14.5. The molecule has 100 valence electrons. The Kier molecular flexibility index (Phi) is 6.22. The van der Waals surface area contributed by atoms with Crippen molar-refractivity contribution in [2.45, 2.75) is 32.3 Å². The van der Waals surface area contributed by atoms with Gasteiger partial charge in [-0.15, -0.1) is 0 Å². The Hall–Kier alpha value is -1.55. The zero-order valence-corrected chi connectivity index (χ0v) is 10.9. The van der Waals surface area contributed by atoms with Gasteiger partial charge < -0.3 is 14.6 Å². The van der Waals surface area contributed by atoms with E-state index in [0.29, 0.717) is 17.9 Å². The highest BCUT2D eigenvalue weighted by Gasteiger charge is 2.14. The first-order valence-electron chi connectivity index (χ1n) is 6.15. The van der Waals surface area contributed by atoms with E-state index < -0.39 is 6.10 Å². The van der Waals surface area contributed by atoms with E-state index in [1.807, 2.05) is 6.92 Å². The van der Waals surface area contributed by atoms with Crippen molar-refractivity contribution in [3.8, 4) is 5.75 Å². The normalized spacial score (nSPS) is 11.9. The van der Waals surface area contributed by atoms with Crippen LogP contribution in [-0.2, 0) is 9.53 Å². The van der Waals surface area contributed by atoms with Crippen LogP contribution >= 0.6 is 0 Å². The average Bonchev–Trinajstić information content (AvgIpc) is 2.39. The van der Waals surface area contributed by atoms with E-state index >= 15 is 0 Å². The van der Waals surface area contributed by atoms with Gasteiger partial charge in [0, 0.05) is 0 Å². The van der Waals surface area contributed by atoms with E-state index in [0.717, 1.165) is 12.8 Å². The summed E-state index contributed by atoms with van der Waals surface area (Å²) in [6, 6.07) is 7.03. The first-order valence-corrected chi connectivity index (χ1v) is 6.15. The predicted molar refractivity (Wildman–Crippen MR) is 68.4 cm³/mol. The van der Waals surface area contributed by atoms with Gasteiger partial charge in [-0.1, -0.05) is 25.5 Å². The Labute approximate surface area is 108 Å². The number of carbonyl (C=O) groups is 1. The summed E-state index contributed by atoms with van der Waals surface area (Å²) in [5.74, 6) is 0.282. The zero-order valence-electron chi connectivity index (χ0n) is 10.9. The van der Waals surface area contributed by atoms with Gasteiger partial charge in [0.25, 0.3) is 0 Å². The number of aliphatic hydroxyl groups excluding tert-OH is 1. The van der Waals surface area contributed by atoms with Gasteiger partial charge in [-0.3, -0.25) is 4.79 Å². The quantitative estimate of drug-likeness (QED) is 0.598. The van der Waals surface area contributed by atoms with Gasteiger partial charge >= 0.3 is 5.97 Å². The van der Waals surface area contributed by atoms with Gasteiger partial charge in [-0.2, -0.15) is 0 Å². The molecule has 0 aliphatic carbocycles. The minimum atomic E-state index is -0.853. The van der Waals surface area contributed by atoms with Crippen molar-refractivity contribution >= 4 is 5.97 Å². The third-order valence-electron chi connectivity index (χ3n) is 2.60. The summed E-state index contributed by atoms with van der Waals surface area (Å²) in [7, 11) is 1.56. The molecule has 1 N–H and O–H groups in total. The maximum atomic E-state index is 11.4. The molecule has 0 aromatic heterocycles. The lowest BCUT2D eigenvalue weighted by Crippen LogP contribution is -2.11. The third kappa shape index (κ3) is 4.75. The number of carbonyl (C=O) groups excluding carboxylic acids is 1. The van der Waals surface area contributed by atoms with Crippen molar-refractivity contribution in [1.29, 1.82) is 0 Å². The minimum Gasteiger partial charge on any atom is -0.497 e. The van der Waals surface area contributed by atoms with Gasteiger partial charge in [0.05, 0.1) is 26.2 Å². The second-order valence-corrected chi connectivity index (χ2v) is 4.07. The maximum Gasteiger partial charge on any atom is 0.308 e. The first-order chi connectivity index (χ1) is 8.67. The second kappa shape index (κ2) is 7.71. The standard InChI is InChI=1S/C14H20O4/c1-3-4-8-18-14(16)10-13(15)11-6-5-7-12(9-11)17-2/h5-7,9,13,15H,3-4,8,10H2,1-2H3. The number of esters is 1. The Bertz CT molecular complexity index is 376. The molecule has 18 heavy (non-hydrogen) atoms. The summed E-state index contributed by atoms with van der Waals surface area (Å²) in [4.78, 5) is 11.4. The van der Waals surface area contributed by atoms with Gasteiger partial charge in [-0.05, 0) is 24.1 Å². The molecule has 0 radical (unpaired) electrons. The van der Waals surface area contributed by atoms with Crippen LogP contribution in [0, 0.1) is 0 Å². The number of hydrogen-bond acceptors (Lipinski definition) is 4. The highest BCUT2D eigenvalue weighted by atomic mass is 16.5. The third-order valence-corrected chi connectivity index (χ3v) is 2.60. The highest BCUT2D eigenvalue weighted by molar-refractivity contribution is 5.70. The van der Waals surface area contributed by atoms with Crippen LogP contribution in [0.15, 0.2) is 24.3 Å². The lowest BCUT2D eigenvalue weighted by atomic mass is 10.1. The molecule has 0 saturated carbocycles. The molecule has 0 aliphatic heterocycles. The molecule has 0 bridgehead atoms. The van der Waals surface area contributed by atoms with Crippen molar-refractivity contribution in [3.05, 3.63) is 29.8 Å². The number of hydrogen-bond donors (Lipinski definition) is 1. The second-order valence-electron chi connectivity index (χ2n) is 4.07. The number of methoxy groups -OCH3 is 1. The summed E-state index contributed by atoms with van der Waals surface area (Å²) >= 11 is 0. The van der Waals surface area contributed by atoms with E-state index in [9.17, 15) is 9.90 Å². The summed E-state index contributed by atoms with van der Waals surface area (Å²) in [6.07, 6.45) is 0.943. The molecule has 0 spiro atoms. The van der Waals surface area contributed by atoms with Crippen LogP contribution < -0.4 is 4.74 Å². The number of rotatable bonds is 7. The summed E-state index contributed by atoms with van der Waals surface area (Å²) < 4.78 is 10.1. The molecule has 0 aliphatic rings. The Morgan fingerprint density at radius 3 is 2.89 bits per heavy atom. The number of unbranched alkanes of at least 4 members (excludes halogenated alkanes) is 1. The molecule has 4 heteroatoms. The Morgan fingerprint density at radius 1 is 1.44 bits per heavy atom. The molecule has 1 aromatic rings. The van der Waals surface area contributed by atoms with E-state index in [1.165, 1.54) is 0 Å². The summed E-state index contributed by atoms with van der Waals surface area (Å²) in [5.41, 5.74) is 0.654. The minimum absolute atomic E-state index is 0.0309. The van der Waals surface area contributed by atoms with Gasteiger partial charge in [0.15, 0.2) is 0 Å². The largest absolute Gasteiger partial charge is 0.497 e. The number of ether oxygens (including phenoxy) is 2. The van der Waals surface area contributed by atoms with Crippen LogP contribution in [0.25, 0.3) is 0 Å². The highest BCUT2D eigenvalue weighted by Crippen LogP contribution is 2.21. The van der Waals surface area contributed by atoms with Gasteiger partial charge in [0.2, 0.25) is 0 Å². The predicted octanol–water partition coefficient (Wildman–Crippen LogP) is 2.46. The Balaban J connectivity index is 2.48. The number of aliphatic hydroxyl groups is 1. The molecule has 0 saturated heterocycles. The number of benzene rings is 1. The van der Waals surface area contributed by atoms with E-state index in [2.05, 4.69) is 0 Å². The van der Waals surface area contributed by atoms with Crippen LogP contribution in [0.1, 0.15) is 37.9 Å². The molecule has 1 unspecified atom stereocenters. The fourth-order valence-electron chi connectivity index (χ4n) is 1.51. The smallest absolute Gasteiger partial charge is 0.308 e. The topological polar surface area (TPSA) is 55.8 Å². The molecule has 1 atom stereocenters. The van der Waals surface area contributed by atoms with Crippen LogP contribution in [0.5, 0.6) is 5.75 Å².